The van der Waals surface area contributed by atoms with Gasteiger partial charge in [-0.25, -0.2) is 4.79 Å². The Hall–Kier alpha value is -1.30. The van der Waals surface area contributed by atoms with E-state index in [9.17, 15) is 9.59 Å². The second-order valence-electron chi connectivity index (χ2n) is 3.43. The van der Waals surface area contributed by atoms with E-state index in [1.165, 1.54) is 18.3 Å². The van der Waals surface area contributed by atoms with Gasteiger partial charge in [-0.1, -0.05) is 15.9 Å². The molecule has 0 saturated carbocycles. The van der Waals surface area contributed by atoms with Crippen LogP contribution in [0.1, 0.15) is 12.7 Å². The van der Waals surface area contributed by atoms with Gasteiger partial charge < -0.3 is 14.1 Å². The van der Waals surface area contributed by atoms with Crippen molar-refractivity contribution < 1.29 is 18.7 Å². The molecule has 0 aliphatic rings. The molecule has 0 aromatic carbocycles. The van der Waals surface area contributed by atoms with E-state index < -0.39 is 12.0 Å². The van der Waals surface area contributed by atoms with Crippen LogP contribution in [-0.4, -0.2) is 35.3 Å². The van der Waals surface area contributed by atoms with Crippen LogP contribution in [0.4, 0.5) is 0 Å². The molecule has 0 spiro atoms. The number of ether oxygens (including phenoxy) is 1. The molecule has 0 N–H and O–H groups in total. The van der Waals surface area contributed by atoms with E-state index in [0.717, 1.165) is 0 Å². The molecule has 1 aromatic rings. The average Bonchev–Trinajstić information content (AvgIpc) is 2.86. The van der Waals surface area contributed by atoms with Crippen LogP contribution in [0.5, 0.6) is 0 Å². The Morgan fingerprint density at radius 1 is 1.59 bits per heavy atom. The molecule has 1 heterocycles. The molecule has 1 amide bonds. The standard InChI is InChI=1S/C11H14BrNO4/c1-8(11(15)16-2)13(10(14)6-12)7-9-4-3-5-17-9/h3-5,8H,6-7H2,1-2H3/t8-/m0/s1. The maximum Gasteiger partial charge on any atom is 0.328 e. The molecule has 0 saturated heterocycles. The Kier molecular flexibility index (Phi) is 5.21. The Bertz CT molecular complexity index is 377. The van der Waals surface area contributed by atoms with E-state index in [2.05, 4.69) is 20.7 Å². The van der Waals surface area contributed by atoms with Crippen molar-refractivity contribution in [3.05, 3.63) is 24.2 Å². The lowest BCUT2D eigenvalue weighted by Gasteiger charge is -2.25. The summed E-state index contributed by atoms with van der Waals surface area (Å²) in [6.07, 6.45) is 1.52. The highest BCUT2D eigenvalue weighted by molar-refractivity contribution is 9.09. The third kappa shape index (κ3) is 3.59. The number of amides is 1. The quantitative estimate of drug-likeness (QED) is 0.612. The molecule has 1 atom stereocenters. The van der Waals surface area contributed by atoms with Gasteiger partial charge in [-0.05, 0) is 19.1 Å². The number of halogens is 1. The lowest BCUT2D eigenvalue weighted by atomic mass is 10.2. The number of carbonyl (C=O) groups excluding carboxylic acids is 2. The van der Waals surface area contributed by atoms with Gasteiger partial charge in [0.15, 0.2) is 0 Å². The molecule has 0 aliphatic carbocycles. The van der Waals surface area contributed by atoms with Gasteiger partial charge >= 0.3 is 5.97 Å². The number of furan rings is 1. The number of hydrogen-bond donors (Lipinski definition) is 0. The molecule has 0 bridgehead atoms. The van der Waals surface area contributed by atoms with Crippen LogP contribution in [0.2, 0.25) is 0 Å². The van der Waals surface area contributed by atoms with Crippen LogP contribution in [-0.2, 0) is 20.9 Å². The molecule has 17 heavy (non-hydrogen) atoms. The van der Waals surface area contributed by atoms with Crippen molar-refractivity contribution in [3.63, 3.8) is 0 Å². The van der Waals surface area contributed by atoms with Gasteiger partial charge in [0.05, 0.1) is 25.2 Å². The molecule has 0 radical (unpaired) electrons. The Morgan fingerprint density at radius 2 is 2.29 bits per heavy atom. The summed E-state index contributed by atoms with van der Waals surface area (Å²) in [7, 11) is 1.29. The minimum absolute atomic E-state index is 0.148. The van der Waals surface area contributed by atoms with Crippen LogP contribution in [0.3, 0.4) is 0 Å². The molecule has 1 aromatic heterocycles. The Balaban J connectivity index is 2.80. The summed E-state index contributed by atoms with van der Waals surface area (Å²) < 4.78 is 9.79. The SMILES string of the molecule is COC(=O)[C@H](C)N(Cc1ccco1)C(=O)CBr. The third-order valence-corrected chi connectivity index (χ3v) is 2.83. The van der Waals surface area contributed by atoms with Gasteiger partial charge in [0, 0.05) is 0 Å². The van der Waals surface area contributed by atoms with Crippen LogP contribution in [0.25, 0.3) is 0 Å². The molecular weight excluding hydrogens is 290 g/mol. The summed E-state index contributed by atoms with van der Waals surface area (Å²) in [4.78, 5) is 24.6. The molecule has 94 valence electrons. The van der Waals surface area contributed by atoms with Crippen molar-refractivity contribution in [2.24, 2.45) is 0 Å². The van der Waals surface area contributed by atoms with Crippen LogP contribution < -0.4 is 0 Å². The number of nitrogens with zero attached hydrogens (tertiary/aromatic N) is 1. The number of esters is 1. The molecular formula is C11H14BrNO4. The second-order valence-corrected chi connectivity index (χ2v) is 3.99. The summed E-state index contributed by atoms with van der Waals surface area (Å²) in [5, 5.41) is 0.148. The summed E-state index contributed by atoms with van der Waals surface area (Å²) in [6.45, 7) is 1.86. The van der Waals surface area contributed by atoms with Crippen molar-refractivity contribution in [2.75, 3.05) is 12.4 Å². The van der Waals surface area contributed by atoms with Crippen molar-refractivity contribution in [2.45, 2.75) is 19.5 Å². The van der Waals surface area contributed by atoms with Crippen molar-refractivity contribution >= 4 is 27.8 Å². The number of carbonyl (C=O) groups is 2. The number of hydrogen-bond acceptors (Lipinski definition) is 4. The number of methoxy groups -OCH3 is 1. The van der Waals surface area contributed by atoms with Crippen molar-refractivity contribution in [3.8, 4) is 0 Å². The van der Waals surface area contributed by atoms with E-state index in [-0.39, 0.29) is 17.8 Å². The maximum atomic E-state index is 11.7. The molecule has 1 rings (SSSR count). The first kappa shape index (κ1) is 13.8. The first-order valence-corrected chi connectivity index (χ1v) is 6.18. The Labute approximate surface area is 108 Å². The van der Waals surface area contributed by atoms with Gasteiger partial charge in [-0.2, -0.15) is 0 Å². The first-order valence-electron chi connectivity index (χ1n) is 5.05. The zero-order valence-corrected chi connectivity index (χ0v) is 11.3. The predicted octanol–water partition coefficient (Wildman–Crippen LogP) is 1.56. The fourth-order valence-corrected chi connectivity index (χ4v) is 1.71. The highest BCUT2D eigenvalue weighted by atomic mass is 79.9. The minimum atomic E-state index is -0.643. The topological polar surface area (TPSA) is 59.8 Å². The van der Waals surface area contributed by atoms with E-state index in [1.807, 2.05) is 0 Å². The third-order valence-electron chi connectivity index (χ3n) is 2.35. The molecule has 0 fully saturated rings. The van der Waals surface area contributed by atoms with Crippen molar-refractivity contribution in [1.29, 1.82) is 0 Å². The lowest BCUT2D eigenvalue weighted by Crippen LogP contribution is -2.43. The van der Waals surface area contributed by atoms with Gasteiger partial charge in [-0.3, -0.25) is 4.79 Å². The predicted molar refractivity (Wildman–Crippen MR) is 64.5 cm³/mol. The van der Waals surface area contributed by atoms with Crippen LogP contribution >= 0.6 is 15.9 Å². The fourth-order valence-electron chi connectivity index (χ4n) is 1.39. The summed E-state index contributed by atoms with van der Waals surface area (Å²) in [5.41, 5.74) is 0. The summed E-state index contributed by atoms with van der Waals surface area (Å²) >= 11 is 3.08. The molecule has 6 heteroatoms. The summed E-state index contributed by atoms with van der Waals surface area (Å²) in [6, 6.07) is 2.84. The second kappa shape index (κ2) is 6.44. The fraction of sp³-hybridized carbons (Fsp3) is 0.455. The zero-order valence-electron chi connectivity index (χ0n) is 9.68. The molecule has 0 unspecified atom stereocenters. The highest BCUT2D eigenvalue weighted by Gasteiger charge is 2.26. The van der Waals surface area contributed by atoms with E-state index in [1.54, 1.807) is 19.1 Å². The molecule has 0 aliphatic heterocycles. The van der Waals surface area contributed by atoms with E-state index in [0.29, 0.717) is 5.76 Å². The van der Waals surface area contributed by atoms with Gasteiger partial charge in [0.2, 0.25) is 5.91 Å². The van der Waals surface area contributed by atoms with Crippen LogP contribution in [0.15, 0.2) is 22.8 Å². The van der Waals surface area contributed by atoms with Crippen LogP contribution in [0, 0.1) is 0 Å². The number of rotatable bonds is 5. The Morgan fingerprint density at radius 3 is 2.76 bits per heavy atom. The van der Waals surface area contributed by atoms with E-state index in [4.69, 9.17) is 4.42 Å². The van der Waals surface area contributed by atoms with E-state index >= 15 is 0 Å². The van der Waals surface area contributed by atoms with Gasteiger partial charge in [0.1, 0.15) is 11.8 Å². The largest absolute Gasteiger partial charge is 0.467 e. The highest BCUT2D eigenvalue weighted by Crippen LogP contribution is 2.11. The smallest absolute Gasteiger partial charge is 0.328 e. The monoisotopic (exact) mass is 303 g/mol. The van der Waals surface area contributed by atoms with Crippen molar-refractivity contribution in [1.82, 2.24) is 4.90 Å². The number of alkyl halides is 1. The lowest BCUT2D eigenvalue weighted by molar-refractivity contribution is -0.151. The van der Waals surface area contributed by atoms with Gasteiger partial charge in [-0.15, -0.1) is 0 Å². The molecule has 5 nitrogen and oxygen atoms in total. The maximum absolute atomic E-state index is 11.7. The van der Waals surface area contributed by atoms with Gasteiger partial charge in [0.25, 0.3) is 0 Å². The first-order chi connectivity index (χ1) is 8.10. The normalized spacial score (nSPS) is 11.9. The minimum Gasteiger partial charge on any atom is -0.467 e. The average molecular weight is 304 g/mol. The zero-order chi connectivity index (χ0) is 12.8. The summed E-state index contributed by atoms with van der Waals surface area (Å²) in [5.74, 6) is -0.0276.